The molecule has 0 amide bonds. The standard InChI is InChI=1S/C30H36N2OS2/c1-18-24(31-27(34-18)20-9-13-22(14-10-20)29(3,4)5)17-25(33)26-19(2)35-28(32-26)21-11-15-23(16-12-21)30(6,7)8/h9-16,25,33H,17H2,1-8H3. The third-order valence-corrected chi connectivity index (χ3v) is 8.52. The Balaban J connectivity index is 1.52. The maximum Gasteiger partial charge on any atom is 0.123 e. The maximum absolute atomic E-state index is 11.1. The van der Waals surface area contributed by atoms with Crippen LogP contribution in [0.2, 0.25) is 0 Å². The molecule has 0 saturated carbocycles. The monoisotopic (exact) mass is 504 g/mol. The molecular formula is C30H36N2OS2. The van der Waals surface area contributed by atoms with E-state index in [1.54, 1.807) is 22.7 Å². The number of thiazole rings is 2. The highest BCUT2D eigenvalue weighted by atomic mass is 32.1. The minimum Gasteiger partial charge on any atom is -0.386 e. The molecule has 1 atom stereocenters. The Morgan fingerprint density at radius 2 is 1.11 bits per heavy atom. The number of hydrogen-bond donors (Lipinski definition) is 1. The number of aliphatic hydroxyl groups excluding tert-OH is 1. The lowest BCUT2D eigenvalue weighted by Gasteiger charge is -2.18. The van der Waals surface area contributed by atoms with Crippen molar-refractivity contribution in [3.05, 3.63) is 80.8 Å². The van der Waals surface area contributed by atoms with Gasteiger partial charge in [0.15, 0.2) is 0 Å². The Labute approximate surface area is 217 Å². The van der Waals surface area contributed by atoms with Gasteiger partial charge in [0.25, 0.3) is 0 Å². The third-order valence-electron chi connectivity index (χ3n) is 6.42. The summed E-state index contributed by atoms with van der Waals surface area (Å²) < 4.78 is 0. The third kappa shape index (κ3) is 5.74. The molecule has 4 aromatic rings. The molecule has 3 nitrogen and oxygen atoms in total. The van der Waals surface area contributed by atoms with Gasteiger partial charge in [-0.2, -0.15) is 0 Å². The van der Waals surface area contributed by atoms with E-state index >= 15 is 0 Å². The number of benzene rings is 2. The zero-order valence-electron chi connectivity index (χ0n) is 22.1. The second-order valence-corrected chi connectivity index (χ2v) is 13.8. The van der Waals surface area contributed by atoms with Crippen molar-refractivity contribution < 1.29 is 5.11 Å². The van der Waals surface area contributed by atoms with Gasteiger partial charge in [0.05, 0.1) is 11.4 Å². The SMILES string of the molecule is Cc1sc(-c2ccc(C(C)(C)C)cc2)nc1CC(O)c1nc(-c2ccc(C(C)(C)C)cc2)sc1C. The Hall–Kier alpha value is -2.34. The predicted octanol–water partition coefficient (Wildman–Crippen LogP) is 8.42. The lowest BCUT2D eigenvalue weighted by atomic mass is 9.87. The van der Waals surface area contributed by atoms with Crippen LogP contribution in [0.4, 0.5) is 0 Å². The van der Waals surface area contributed by atoms with E-state index in [1.807, 2.05) is 6.92 Å². The normalized spacial score (nSPS) is 13.3. The molecular weight excluding hydrogens is 468 g/mol. The molecule has 1 unspecified atom stereocenters. The van der Waals surface area contributed by atoms with Crippen LogP contribution in [-0.4, -0.2) is 15.1 Å². The fourth-order valence-corrected chi connectivity index (χ4v) is 6.01. The summed E-state index contributed by atoms with van der Waals surface area (Å²) in [5.74, 6) is 0. The molecule has 0 spiro atoms. The summed E-state index contributed by atoms with van der Waals surface area (Å²) in [5, 5.41) is 13.1. The summed E-state index contributed by atoms with van der Waals surface area (Å²) in [6.45, 7) is 17.5. The van der Waals surface area contributed by atoms with E-state index in [1.165, 1.54) is 11.1 Å². The zero-order valence-corrected chi connectivity index (χ0v) is 23.7. The molecule has 5 heteroatoms. The van der Waals surface area contributed by atoms with E-state index in [0.29, 0.717) is 6.42 Å². The second kappa shape index (κ2) is 9.61. The van der Waals surface area contributed by atoms with Crippen molar-refractivity contribution in [3.63, 3.8) is 0 Å². The fourth-order valence-electron chi connectivity index (χ4n) is 4.09. The minimum absolute atomic E-state index is 0.123. The Kier molecular flexibility index (Phi) is 7.07. The van der Waals surface area contributed by atoms with Crippen LogP contribution in [0.25, 0.3) is 21.1 Å². The van der Waals surface area contributed by atoms with Crippen molar-refractivity contribution in [1.29, 1.82) is 0 Å². The highest BCUT2D eigenvalue weighted by Gasteiger charge is 2.21. The molecule has 4 rings (SSSR count). The molecule has 0 bridgehead atoms. The van der Waals surface area contributed by atoms with Crippen molar-refractivity contribution in [3.8, 4) is 21.1 Å². The van der Waals surface area contributed by atoms with Gasteiger partial charge < -0.3 is 5.11 Å². The van der Waals surface area contributed by atoms with E-state index in [0.717, 1.165) is 42.3 Å². The smallest absolute Gasteiger partial charge is 0.123 e. The minimum atomic E-state index is -0.675. The maximum atomic E-state index is 11.1. The summed E-state index contributed by atoms with van der Waals surface area (Å²) in [6.07, 6.45) is -0.208. The van der Waals surface area contributed by atoms with Crippen LogP contribution in [0.3, 0.4) is 0 Å². The van der Waals surface area contributed by atoms with Gasteiger partial charge in [-0.25, -0.2) is 9.97 Å². The van der Waals surface area contributed by atoms with Crippen LogP contribution in [0, 0.1) is 13.8 Å². The van der Waals surface area contributed by atoms with Gasteiger partial charge >= 0.3 is 0 Å². The summed E-state index contributed by atoms with van der Waals surface area (Å²) in [7, 11) is 0. The Bertz CT molecular complexity index is 1300. The number of hydrogen-bond acceptors (Lipinski definition) is 5. The molecule has 0 aliphatic rings. The Morgan fingerprint density at radius 1 is 0.686 bits per heavy atom. The molecule has 2 aromatic carbocycles. The molecule has 0 aliphatic carbocycles. The van der Waals surface area contributed by atoms with Crippen molar-refractivity contribution in [2.75, 3.05) is 0 Å². The number of nitrogens with zero attached hydrogens (tertiary/aromatic N) is 2. The van der Waals surface area contributed by atoms with Crippen LogP contribution in [-0.2, 0) is 17.3 Å². The average molecular weight is 505 g/mol. The van der Waals surface area contributed by atoms with Gasteiger partial charge in [-0.1, -0.05) is 90.1 Å². The molecule has 35 heavy (non-hydrogen) atoms. The molecule has 2 aromatic heterocycles. The number of aryl methyl sites for hydroxylation is 2. The summed E-state index contributed by atoms with van der Waals surface area (Å²) in [6, 6.07) is 17.3. The van der Waals surface area contributed by atoms with Crippen molar-refractivity contribution in [2.45, 2.75) is 78.7 Å². The Morgan fingerprint density at radius 3 is 1.57 bits per heavy atom. The predicted molar refractivity (Wildman–Crippen MR) is 151 cm³/mol. The molecule has 184 valence electrons. The fraction of sp³-hybridized carbons (Fsp3) is 0.400. The number of rotatable bonds is 5. The highest BCUT2D eigenvalue weighted by Crippen LogP contribution is 2.35. The van der Waals surface area contributed by atoms with Gasteiger partial charge in [0, 0.05) is 27.3 Å². The van der Waals surface area contributed by atoms with E-state index in [-0.39, 0.29) is 10.8 Å². The van der Waals surface area contributed by atoms with E-state index < -0.39 is 6.10 Å². The highest BCUT2D eigenvalue weighted by molar-refractivity contribution is 7.15. The first kappa shape index (κ1) is 25.7. The summed E-state index contributed by atoms with van der Waals surface area (Å²) >= 11 is 3.33. The topological polar surface area (TPSA) is 46.0 Å². The first-order valence-corrected chi connectivity index (χ1v) is 13.8. The van der Waals surface area contributed by atoms with E-state index in [9.17, 15) is 5.11 Å². The lowest BCUT2D eigenvalue weighted by molar-refractivity contribution is 0.172. The molecule has 0 saturated heterocycles. The van der Waals surface area contributed by atoms with Crippen molar-refractivity contribution >= 4 is 22.7 Å². The molecule has 2 heterocycles. The van der Waals surface area contributed by atoms with Crippen LogP contribution in [0.5, 0.6) is 0 Å². The van der Waals surface area contributed by atoms with Crippen molar-refractivity contribution in [2.24, 2.45) is 0 Å². The summed E-state index contributed by atoms with van der Waals surface area (Å²) in [5.41, 5.74) is 6.79. The van der Waals surface area contributed by atoms with Crippen LogP contribution in [0.15, 0.2) is 48.5 Å². The lowest BCUT2D eigenvalue weighted by Crippen LogP contribution is -2.10. The van der Waals surface area contributed by atoms with E-state index in [2.05, 4.69) is 97.0 Å². The first-order valence-electron chi connectivity index (χ1n) is 12.2. The van der Waals surface area contributed by atoms with Gasteiger partial charge in [0.2, 0.25) is 0 Å². The van der Waals surface area contributed by atoms with Gasteiger partial charge in [-0.05, 0) is 35.8 Å². The molecule has 0 fully saturated rings. The van der Waals surface area contributed by atoms with Gasteiger partial charge in [-0.15, -0.1) is 22.7 Å². The quantitative estimate of drug-likeness (QED) is 0.297. The second-order valence-electron chi connectivity index (χ2n) is 11.4. The molecule has 1 N–H and O–H groups in total. The van der Waals surface area contributed by atoms with Gasteiger partial charge in [0.1, 0.15) is 16.1 Å². The van der Waals surface area contributed by atoms with Crippen LogP contribution < -0.4 is 0 Å². The zero-order chi connectivity index (χ0) is 25.5. The molecule has 0 aliphatic heterocycles. The number of aliphatic hydroxyl groups is 1. The van der Waals surface area contributed by atoms with Crippen molar-refractivity contribution in [1.82, 2.24) is 9.97 Å². The summed E-state index contributed by atoms with van der Waals surface area (Å²) in [4.78, 5) is 11.9. The van der Waals surface area contributed by atoms with Gasteiger partial charge in [-0.3, -0.25) is 0 Å². The van der Waals surface area contributed by atoms with Crippen LogP contribution >= 0.6 is 22.7 Å². The average Bonchev–Trinajstić information content (AvgIpc) is 3.35. The van der Waals surface area contributed by atoms with E-state index in [4.69, 9.17) is 9.97 Å². The van der Waals surface area contributed by atoms with Crippen LogP contribution in [0.1, 0.15) is 79.9 Å². The molecule has 0 radical (unpaired) electrons. The largest absolute Gasteiger partial charge is 0.386 e. The number of aromatic nitrogens is 2. The first-order chi connectivity index (χ1) is 16.3.